The van der Waals surface area contributed by atoms with Crippen LogP contribution in [0.1, 0.15) is 31.7 Å². The molecule has 0 spiro atoms. The fourth-order valence-corrected chi connectivity index (χ4v) is 4.31. The van der Waals surface area contributed by atoms with Crippen molar-refractivity contribution < 1.29 is 4.79 Å². The minimum absolute atomic E-state index is 0. The van der Waals surface area contributed by atoms with Crippen LogP contribution in [-0.4, -0.2) is 49.1 Å². The Hall–Kier alpha value is -2.07. The number of carbonyl (C=O) groups excluding carboxylic acids is 1. The van der Waals surface area contributed by atoms with Crippen molar-refractivity contribution in [3.63, 3.8) is 0 Å². The largest absolute Gasteiger partial charge is 0.357 e. The average molecular weight is 569 g/mol. The summed E-state index contributed by atoms with van der Waals surface area (Å²) in [4.78, 5) is 25.2. The number of hydrogen-bond donors (Lipinski definition) is 2. The second-order valence-corrected chi connectivity index (χ2v) is 8.30. The van der Waals surface area contributed by atoms with E-state index < -0.39 is 0 Å². The third-order valence-electron chi connectivity index (χ3n) is 5.65. The van der Waals surface area contributed by atoms with Crippen LogP contribution < -0.4 is 20.4 Å². The lowest BCUT2D eigenvalue weighted by atomic mass is 10.2. The van der Waals surface area contributed by atoms with E-state index in [1.54, 1.807) is 6.20 Å². The smallest absolute Gasteiger partial charge is 0.227 e. The second kappa shape index (κ2) is 11.7. The van der Waals surface area contributed by atoms with Gasteiger partial charge in [0.1, 0.15) is 5.82 Å². The van der Waals surface area contributed by atoms with Crippen molar-refractivity contribution in [2.24, 2.45) is 4.99 Å². The minimum atomic E-state index is 0. The molecule has 2 aromatic rings. The molecule has 0 aliphatic carbocycles. The van der Waals surface area contributed by atoms with Crippen molar-refractivity contribution >= 4 is 58.9 Å². The number of guanidine groups is 1. The van der Waals surface area contributed by atoms with Crippen LogP contribution in [0.5, 0.6) is 0 Å². The number of carbonyl (C=O) groups is 1. The SMILES string of the molecule is CCNC(=NCc1ccc(N2CCCC2=O)cc1)NC1CCN(c2ncccc2Cl)C1.I. The molecule has 0 radical (unpaired) electrons. The van der Waals surface area contributed by atoms with Gasteiger partial charge in [-0.1, -0.05) is 23.7 Å². The maximum absolute atomic E-state index is 11.9. The molecular weight excluding hydrogens is 539 g/mol. The van der Waals surface area contributed by atoms with Crippen LogP contribution in [-0.2, 0) is 11.3 Å². The number of hydrogen-bond acceptors (Lipinski definition) is 4. The summed E-state index contributed by atoms with van der Waals surface area (Å²) in [6.07, 6.45) is 4.36. The number of halogens is 2. The van der Waals surface area contributed by atoms with Gasteiger partial charge in [0.15, 0.2) is 5.96 Å². The maximum atomic E-state index is 11.9. The lowest BCUT2D eigenvalue weighted by Gasteiger charge is -2.20. The zero-order valence-electron chi connectivity index (χ0n) is 18.3. The zero-order chi connectivity index (χ0) is 21.6. The topological polar surface area (TPSA) is 72.9 Å². The Kier molecular flexibility index (Phi) is 8.98. The van der Waals surface area contributed by atoms with E-state index in [4.69, 9.17) is 16.6 Å². The summed E-state index contributed by atoms with van der Waals surface area (Å²) >= 11 is 6.30. The Balaban J connectivity index is 0.00000289. The highest BCUT2D eigenvalue weighted by atomic mass is 127. The molecule has 2 aliphatic heterocycles. The first-order chi connectivity index (χ1) is 15.1. The third kappa shape index (κ3) is 6.04. The van der Waals surface area contributed by atoms with Crippen LogP contribution in [0.4, 0.5) is 11.5 Å². The first-order valence-electron chi connectivity index (χ1n) is 10.9. The van der Waals surface area contributed by atoms with E-state index in [9.17, 15) is 4.79 Å². The lowest BCUT2D eigenvalue weighted by Crippen LogP contribution is -2.44. The summed E-state index contributed by atoms with van der Waals surface area (Å²) in [5.74, 6) is 1.86. The summed E-state index contributed by atoms with van der Waals surface area (Å²) in [5, 5.41) is 7.56. The van der Waals surface area contributed by atoms with Gasteiger partial charge in [-0.15, -0.1) is 24.0 Å². The van der Waals surface area contributed by atoms with Gasteiger partial charge in [-0.05, 0) is 49.6 Å². The molecular formula is C23H30ClIN6O. The van der Waals surface area contributed by atoms with Crippen molar-refractivity contribution in [3.05, 3.63) is 53.2 Å². The van der Waals surface area contributed by atoms with E-state index in [0.29, 0.717) is 18.0 Å². The van der Waals surface area contributed by atoms with Crippen molar-refractivity contribution in [3.8, 4) is 0 Å². The van der Waals surface area contributed by atoms with Gasteiger partial charge < -0.3 is 20.4 Å². The first kappa shape index (κ1) is 24.6. The molecule has 1 atom stereocenters. The van der Waals surface area contributed by atoms with Gasteiger partial charge in [-0.3, -0.25) is 4.79 Å². The summed E-state index contributed by atoms with van der Waals surface area (Å²) in [6.45, 7) is 5.99. The number of pyridine rings is 1. The van der Waals surface area contributed by atoms with Crippen molar-refractivity contribution in [2.45, 2.75) is 38.8 Å². The van der Waals surface area contributed by atoms with Gasteiger partial charge in [0.25, 0.3) is 0 Å². The van der Waals surface area contributed by atoms with E-state index in [1.807, 2.05) is 41.3 Å². The number of aliphatic imine (C=N–C) groups is 1. The molecule has 2 N–H and O–H groups in total. The third-order valence-corrected chi connectivity index (χ3v) is 5.95. The molecule has 2 fully saturated rings. The molecule has 9 heteroatoms. The number of benzene rings is 1. The highest BCUT2D eigenvalue weighted by Crippen LogP contribution is 2.26. The molecule has 7 nitrogen and oxygen atoms in total. The number of rotatable bonds is 6. The normalized spacial score (nSPS) is 18.6. The first-order valence-corrected chi connectivity index (χ1v) is 11.3. The van der Waals surface area contributed by atoms with Gasteiger partial charge in [0.05, 0.1) is 11.6 Å². The predicted octanol–water partition coefficient (Wildman–Crippen LogP) is 3.81. The quantitative estimate of drug-likeness (QED) is 0.315. The van der Waals surface area contributed by atoms with Gasteiger partial charge in [-0.2, -0.15) is 0 Å². The molecule has 2 saturated heterocycles. The molecule has 1 aromatic carbocycles. The number of nitrogens with zero attached hydrogens (tertiary/aromatic N) is 4. The monoisotopic (exact) mass is 568 g/mol. The summed E-state index contributed by atoms with van der Waals surface area (Å²) in [7, 11) is 0. The molecule has 1 aromatic heterocycles. The van der Waals surface area contributed by atoms with Gasteiger partial charge in [0, 0.05) is 50.5 Å². The molecule has 3 heterocycles. The molecule has 1 amide bonds. The van der Waals surface area contributed by atoms with Crippen LogP contribution in [0.25, 0.3) is 0 Å². The Morgan fingerprint density at radius 3 is 2.75 bits per heavy atom. The fourth-order valence-electron chi connectivity index (χ4n) is 4.07. The number of amides is 1. The Labute approximate surface area is 211 Å². The number of nitrogens with one attached hydrogen (secondary N) is 2. The van der Waals surface area contributed by atoms with E-state index in [2.05, 4.69) is 27.4 Å². The van der Waals surface area contributed by atoms with Crippen LogP contribution >= 0.6 is 35.6 Å². The highest BCUT2D eigenvalue weighted by Gasteiger charge is 2.25. The van der Waals surface area contributed by atoms with Gasteiger partial charge in [0.2, 0.25) is 5.91 Å². The minimum Gasteiger partial charge on any atom is -0.357 e. The van der Waals surface area contributed by atoms with Crippen molar-refractivity contribution in [2.75, 3.05) is 36.0 Å². The van der Waals surface area contributed by atoms with E-state index in [0.717, 1.165) is 62.0 Å². The standard InChI is InChI=1S/C23H29ClN6O.HI/c1-2-25-23(28-18-11-14-29(16-18)22-20(24)5-3-12-26-22)27-15-17-7-9-19(10-8-17)30-13-4-6-21(30)31;/h3,5,7-10,12,18H,2,4,6,11,13-16H2,1H3,(H2,25,27,28);1H. The summed E-state index contributed by atoms with van der Waals surface area (Å²) in [6, 6.07) is 12.1. The van der Waals surface area contributed by atoms with Crippen molar-refractivity contribution in [1.29, 1.82) is 0 Å². The Bertz CT molecular complexity index is 938. The zero-order valence-corrected chi connectivity index (χ0v) is 21.3. The average Bonchev–Trinajstić information content (AvgIpc) is 3.42. The van der Waals surface area contributed by atoms with Crippen LogP contribution in [0.3, 0.4) is 0 Å². The molecule has 32 heavy (non-hydrogen) atoms. The Morgan fingerprint density at radius 1 is 1.25 bits per heavy atom. The lowest BCUT2D eigenvalue weighted by molar-refractivity contribution is -0.117. The highest BCUT2D eigenvalue weighted by molar-refractivity contribution is 14.0. The van der Waals surface area contributed by atoms with E-state index in [-0.39, 0.29) is 35.9 Å². The van der Waals surface area contributed by atoms with Crippen molar-refractivity contribution in [1.82, 2.24) is 15.6 Å². The molecule has 172 valence electrons. The molecule has 1 unspecified atom stereocenters. The number of anilines is 2. The van der Waals surface area contributed by atoms with Crippen LogP contribution in [0, 0.1) is 0 Å². The van der Waals surface area contributed by atoms with Gasteiger partial charge >= 0.3 is 0 Å². The summed E-state index contributed by atoms with van der Waals surface area (Å²) in [5.41, 5.74) is 2.08. The predicted molar refractivity (Wildman–Crippen MR) is 141 cm³/mol. The summed E-state index contributed by atoms with van der Waals surface area (Å²) < 4.78 is 0. The second-order valence-electron chi connectivity index (χ2n) is 7.90. The maximum Gasteiger partial charge on any atom is 0.227 e. The van der Waals surface area contributed by atoms with Crippen LogP contribution in [0.15, 0.2) is 47.6 Å². The van der Waals surface area contributed by atoms with E-state index >= 15 is 0 Å². The molecule has 4 rings (SSSR count). The fraction of sp³-hybridized carbons (Fsp3) is 0.435. The van der Waals surface area contributed by atoms with E-state index in [1.165, 1.54) is 0 Å². The molecule has 0 saturated carbocycles. The molecule has 0 bridgehead atoms. The number of aromatic nitrogens is 1. The van der Waals surface area contributed by atoms with Crippen LogP contribution in [0.2, 0.25) is 5.02 Å². The molecule has 2 aliphatic rings. The Morgan fingerprint density at radius 2 is 2.06 bits per heavy atom. The van der Waals surface area contributed by atoms with Gasteiger partial charge in [-0.25, -0.2) is 9.98 Å².